The van der Waals surface area contributed by atoms with E-state index >= 15 is 0 Å². The van der Waals surface area contributed by atoms with Crippen molar-refractivity contribution in [3.8, 4) is 17.4 Å². The van der Waals surface area contributed by atoms with E-state index in [9.17, 15) is 5.26 Å². The Morgan fingerprint density at radius 2 is 0.975 bits per heavy atom. The van der Waals surface area contributed by atoms with Crippen molar-refractivity contribution in [3.05, 3.63) is 138 Å². The molecule has 4 heteroatoms. The van der Waals surface area contributed by atoms with E-state index in [4.69, 9.17) is 6.57 Å². The van der Waals surface area contributed by atoms with Gasteiger partial charge in [-0.2, -0.15) is 5.26 Å². The lowest BCUT2D eigenvalue weighted by molar-refractivity contribution is 1.14. The minimum absolute atomic E-state index is 0.501. The first-order valence-electron chi connectivity index (χ1n) is 13.1. The molecule has 8 rings (SSSR count). The molecule has 2 aromatic heterocycles. The van der Waals surface area contributed by atoms with E-state index in [1.165, 1.54) is 5.39 Å². The molecule has 40 heavy (non-hydrogen) atoms. The second-order valence-corrected chi connectivity index (χ2v) is 10.0. The van der Waals surface area contributed by atoms with Gasteiger partial charge in [0, 0.05) is 21.5 Å². The molecule has 0 atom stereocenters. The maximum Gasteiger partial charge on any atom is 0.234 e. The minimum atomic E-state index is 0.501. The molecule has 0 aliphatic heterocycles. The fourth-order valence-corrected chi connectivity index (χ4v) is 6.22. The van der Waals surface area contributed by atoms with Crippen molar-refractivity contribution in [2.45, 2.75) is 0 Å². The zero-order valence-electron chi connectivity index (χ0n) is 21.3. The summed E-state index contributed by atoms with van der Waals surface area (Å²) in [6.45, 7) is 8.44. The summed E-state index contributed by atoms with van der Waals surface area (Å²) in [5.74, 6) is 0. The predicted molar refractivity (Wildman–Crippen MR) is 164 cm³/mol. The van der Waals surface area contributed by atoms with Crippen molar-refractivity contribution < 1.29 is 0 Å². The molecule has 0 spiro atoms. The third-order valence-corrected chi connectivity index (χ3v) is 7.91. The first kappa shape index (κ1) is 22.2. The van der Waals surface area contributed by atoms with Gasteiger partial charge in [-0.3, -0.25) is 0 Å². The molecule has 0 saturated carbocycles. The third kappa shape index (κ3) is 2.99. The highest BCUT2D eigenvalue weighted by Crippen LogP contribution is 2.42. The minimum Gasteiger partial charge on any atom is -0.319 e. The Morgan fingerprint density at radius 1 is 0.525 bits per heavy atom. The Balaban J connectivity index is 1.56. The number of fused-ring (bicyclic) bond motifs is 7. The largest absolute Gasteiger partial charge is 0.319 e. The fourth-order valence-electron chi connectivity index (χ4n) is 6.22. The molecule has 0 amide bonds. The lowest BCUT2D eigenvalue weighted by Gasteiger charge is -2.17. The molecule has 0 aliphatic rings. The average molecular weight is 509 g/mol. The van der Waals surface area contributed by atoms with Crippen molar-refractivity contribution >= 4 is 60.1 Å². The molecule has 0 saturated heterocycles. The van der Waals surface area contributed by atoms with Crippen LogP contribution in [-0.2, 0) is 0 Å². The molecule has 0 bridgehead atoms. The Bertz CT molecular complexity index is 2350. The van der Waals surface area contributed by atoms with Gasteiger partial charge >= 0.3 is 0 Å². The van der Waals surface area contributed by atoms with Crippen LogP contribution in [0.5, 0.6) is 0 Å². The van der Waals surface area contributed by atoms with Gasteiger partial charge in [0.1, 0.15) is 0 Å². The van der Waals surface area contributed by atoms with Gasteiger partial charge in [-0.15, -0.1) is 0 Å². The number of hydrogen-bond donors (Lipinski definition) is 0. The van der Waals surface area contributed by atoms with Crippen LogP contribution in [-0.4, -0.2) is 9.13 Å². The van der Waals surface area contributed by atoms with Gasteiger partial charge in [0.25, 0.3) is 0 Å². The second-order valence-electron chi connectivity index (χ2n) is 10.0. The molecule has 0 unspecified atom stereocenters. The monoisotopic (exact) mass is 508 g/mol. The lowest BCUT2D eigenvalue weighted by Crippen LogP contribution is -2.01. The quantitative estimate of drug-likeness (QED) is 0.214. The van der Waals surface area contributed by atoms with Crippen molar-refractivity contribution in [3.63, 3.8) is 0 Å². The van der Waals surface area contributed by atoms with Gasteiger partial charge in [0.2, 0.25) is 5.69 Å². The zero-order valence-corrected chi connectivity index (χ0v) is 21.3. The van der Waals surface area contributed by atoms with Gasteiger partial charge in [0.15, 0.2) is 0 Å². The van der Waals surface area contributed by atoms with Crippen LogP contribution in [0.2, 0.25) is 0 Å². The molecule has 8 aromatic rings. The third-order valence-electron chi connectivity index (χ3n) is 7.91. The molecule has 0 aliphatic carbocycles. The highest BCUT2D eigenvalue weighted by atomic mass is 15.0. The first-order chi connectivity index (χ1) is 19.8. The van der Waals surface area contributed by atoms with Crippen LogP contribution in [0.15, 0.2) is 121 Å². The van der Waals surface area contributed by atoms with E-state index in [1.807, 2.05) is 54.6 Å². The highest BCUT2D eigenvalue weighted by Gasteiger charge is 2.22. The maximum atomic E-state index is 10.2. The van der Waals surface area contributed by atoms with Gasteiger partial charge in [-0.1, -0.05) is 78.9 Å². The van der Waals surface area contributed by atoms with Gasteiger partial charge in [-0.25, -0.2) is 4.85 Å². The number of para-hydroxylation sites is 3. The van der Waals surface area contributed by atoms with E-state index in [0.29, 0.717) is 22.6 Å². The highest BCUT2D eigenvalue weighted by molar-refractivity contribution is 6.14. The van der Waals surface area contributed by atoms with E-state index < -0.39 is 0 Å². The Hall–Kier alpha value is -5.84. The molecular weight excluding hydrogens is 488 g/mol. The SMILES string of the molecule is [C-]#[N+]c1c(-n2c3ccccc3c3ccccc32)cc(C#N)cc1-n1c2ccccc2c2cc3ccccc3cc21. The summed E-state index contributed by atoms with van der Waals surface area (Å²) in [4.78, 5) is 4.15. The number of hydrogen-bond acceptors (Lipinski definition) is 1. The normalized spacial score (nSPS) is 11.4. The predicted octanol–water partition coefficient (Wildman–Crippen LogP) is 9.46. The van der Waals surface area contributed by atoms with Gasteiger partial charge in [0.05, 0.1) is 51.6 Å². The summed E-state index contributed by atoms with van der Waals surface area (Å²) < 4.78 is 4.29. The van der Waals surface area contributed by atoms with E-state index in [2.05, 4.69) is 86.8 Å². The van der Waals surface area contributed by atoms with Crippen molar-refractivity contribution in [1.82, 2.24) is 9.13 Å². The summed E-state index contributed by atoms with van der Waals surface area (Å²) >= 11 is 0. The summed E-state index contributed by atoms with van der Waals surface area (Å²) in [5.41, 5.74) is 6.42. The second kappa shape index (κ2) is 8.33. The first-order valence-corrected chi connectivity index (χ1v) is 13.1. The van der Waals surface area contributed by atoms with Crippen LogP contribution >= 0.6 is 0 Å². The number of nitriles is 1. The topological polar surface area (TPSA) is 38.0 Å². The molecular formula is C36H20N4. The van der Waals surface area contributed by atoms with Crippen LogP contribution < -0.4 is 0 Å². The fraction of sp³-hybridized carbons (Fsp3) is 0. The van der Waals surface area contributed by atoms with Gasteiger partial charge < -0.3 is 9.13 Å². The lowest BCUT2D eigenvalue weighted by atomic mass is 10.1. The summed E-state index contributed by atoms with van der Waals surface area (Å²) in [6, 6.07) is 43.6. The number of aromatic nitrogens is 2. The Morgan fingerprint density at radius 3 is 1.50 bits per heavy atom. The molecule has 184 valence electrons. The standard InChI is InChI=1S/C36H20N4/c1-38-36-34(39-30-15-7-4-12-26(30)27-13-5-8-16-31(27)39)18-23(22-37)19-35(36)40-32-17-9-6-14-28(32)29-20-24-10-2-3-11-25(24)21-33(29)40/h2-21H. The summed E-state index contributed by atoms with van der Waals surface area (Å²) in [5, 5.41) is 16.9. The van der Waals surface area contributed by atoms with Crippen molar-refractivity contribution in [1.29, 1.82) is 5.26 Å². The number of benzene rings is 6. The molecule has 0 fully saturated rings. The molecule has 4 nitrogen and oxygen atoms in total. The zero-order chi connectivity index (χ0) is 26.8. The van der Waals surface area contributed by atoms with Crippen LogP contribution in [0.3, 0.4) is 0 Å². The number of rotatable bonds is 2. The van der Waals surface area contributed by atoms with Gasteiger partial charge in [-0.05, 0) is 53.2 Å². The molecule has 0 radical (unpaired) electrons. The van der Waals surface area contributed by atoms with Crippen molar-refractivity contribution in [2.75, 3.05) is 0 Å². The molecule has 2 heterocycles. The van der Waals surface area contributed by atoms with Crippen molar-refractivity contribution in [2.24, 2.45) is 0 Å². The van der Waals surface area contributed by atoms with E-state index in [0.717, 1.165) is 49.0 Å². The van der Waals surface area contributed by atoms with E-state index in [1.54, 1.807) is 0 Å². The number of nitrogens with zero attached hydrogens (tertiary/aromatic N) is 4. The molecule has 0 N–H and O–H groups in total. The van der Waals surface area contributed by atoms with Crippen LogP contribution in [0.4, 0.5) is 5.69 Å². The van der Waals surface area contributed by atoms with Crippen LogP contribution in [0, 0.1) is 17.9 Å². The van der Waals surface area contributed by atoms with Crippen LogP contribution in [0.25, 0.3) is 70.6 Å². The van der Waals surface area contributed by atoms with E-state index in [-0.39, 0.29) is 0 Å². The Kier molecular flexibility index (Phi) is 4.62. The molecule has 6 aromatic carbocycles. The van der Waals surface area contributed by atoms with Crippen LogP contribution in [0.1, 0.15) is 5.56 Å². The maximum absolute atomic E-state index is 10.2. The average Bonchev–Trinajstić information content (AvgIpc) is 3.51. The smallest absolute Gasteiger partial charge is 0.234 e. The summed E-state index contributed by atoms with van der Waals surface area (Å²) in [6.07, 6.45) is 0. The summed E-state index contributed by atoms with van der Waals surface area (Å²) in [7, 11) is 0. The Labute approximate surface area is 230 Å².